The van der Waals surface area contributed by atoms with E-state index >= 15 is 0 Å². The summed E-state index contributed by atoms with van der Waals surface area (Å²) in [6, 6.07) is 5.09. The van der Waals surface area contributed by atoms with E-state index < -0.39 is 48.3 Å². The number of sulfonamides is 1. The summed E-state index contributed by atoms with van der Waals surface area (Å²) in [5.74, 6) is -0.988. The first kappa shape index (κ1) is 25.1. The standard InChI is InChI=1S/C18H12Cl3F3N4O4S/c1-8-15(17(29)26-33(30,31)14-7-10(32-2)3-4-11(14)19)25-27-28(8)16-12(20)5-9(6-13(16)21)18(22,23)24/h3-7H,1-2H3,(H,26,29). The van der Waals surface area contributed by atoms with Gasteiger partial charge in [-0.1, -0.05) is 40.0 Å². The van der Waals surface area contributed by atoms with Gasteiger partial charge in [0.2, 0.25) is 0 Å². The number of methoxy groups -OCH3 is 1. The summed E-state index contributed by atoms with van der Waals surface area (Å²) < 4.78 is 71.9. The second-order valence-electron chi connectivity index (χ2n) is 6.45. The fourth-order valence-corrected chi connectivity index (χ4v) is 4.84. The largest absolute Gasteiger partial charge is 0.497 e. The van der Waals surface area contributed by atoms with E-state index in [2.05, 4.69) is 10.3 Å². The van der Waals surface area contributed by atoms with Crippen LogP contribution >= 0.6 is 34.8 Å². The molecule has 33 heavy (non-hydrogen) atoms. The van der Waals surface area contributed by atoms with Crippen LogP contribution in [-0.2, 0) is 16.2 Å². The summed E-state index contributed by atoms with van der Waals surface area (Å²) in [6.45, 7) is 1.32. The Hall–Kier alpha value is -2.54. The Morgan fingerprint density at radius 1 is 1.09 bits per heavy atom. The molecule has 0 spiro atoms. The van der Waals surface area contributed by atoms with E-state index in [0.29, 0.717) is 12.1 Å². The minimum Gasteiger partial charge on any atom is -0.497 e. The average Bonchev–Trinajstić information content (AvgIpc) is 3.08. The average molecular weight is 544 g/mol. The van der Waals surface area contributed by atoms with Crippen LogP contribution in [0, 0.1) is 6.92 Å². The van der Waals surface area contributed by atoms with Gasteiger partial charge in [0.25, 0.3) is 15.9 Å². The molecule has 8 nitrogen and oxygen atoms in total. The number of carbonyl (C=O) groups is 1. The van der Waals surface area contributed by atoms with E-state index in [0.717, 1.165) is 10.7 Å². The molecule has 1 aromatic heterocycles. The number of alkyl halides is 3. The number of nitrogens with zero attached hydrogens (tertiary/aromatic N) is 3. The summed E-state index contributed by atoms with van der Waals surface area (Å²) in [5.41, 5.74) is -1.74. The molecule has 0 bridgehead atoms. The number of nitrogens with one attached hydrogen (secondary N) is 1. The van der Waals surface area contributed by atoms with Gasteiger partial charge in [0, 0.05) is 6.07 Å². The number of rotatable bonds is 5. The summed E-state index contributed by atoms with van der Waals surface area (Å²) in [6.07, 6.45) is -4.69. The molecule has 3 rings (SSSR count). The molecule has 0 aliphatic rings. The topological polar surface area (TPSA) is 103 Å². The fourth-order valence-electron chi connectivity index (χ4n) is 2.72. The minimum atomic E-state index is -4.69. The molecule has 0 saturated carbocycles. The van der Waals surface area contributed by atoms with Crippen molar-refractivity contribution >= 4 is 50.7 Å². The molecule has 1 amide bonds. The van der Waals surface area contributed by atoms with Gasteiger partial charge in [0.1, 0.15) is 16.3 Å². The van der Waals surface area contributed by atoms with Crippen LogP contribution in [0.3, 0.4) is 0 Å². The van der Waals surface area contributed by atoms with Gasteiger partial charge in [-0.15, -0.1) is 5.10 Å². The van der Waals surface area contributed by atoms with Crippen molar-refractivity contribution in [2.24, 2.45) is 0 Å². The number of hydrogen-bond donors (Lipinski definition) is 1. The van der Waals surface area contributed by atoms with Crippen LogP contribution in [0.5, 0.6) is 5.75 Å². The Morgan fingerprint density at radius 3 is 2.24 bits per heavy atom. The highest BCUT2D eigenvalue weighted by Crippen LogP contribution is 2.37. The lowest BCUT2D eigenvalue weighted by atomic mass is 10.2. The highest BCUT2D eigenvalue weighted by Gasteiger charge is 2.33. The van der Waals surface area contributed by atoms with E-state index in [9.17, 15) is 26.4 Å². The second kappa shape index (κ2) is 9.01. The zero-order valence-corrected chi connectivity index (χ0v) is 19.6. The van der Waals surface area contributed by atoms with Gasteiger partial charge in [-0.2, -0.15) is 13.2 Å². The van der Waals surface area contributed by atoms with E-state index in [1.54, 1.807) is 0 Å². The van der Waals surface area contributed by atoms with Gasteiger partial charge in [-0.3, -0.25) is 4.79 Å². The summed E-state index contributed by atoms with van der Waals surface area (Å²) in [4.78, 5) is 12.2. The molecule has 0 fully saturated rings. The lowest BCUT2D eigenvalue weighted by Gasteiger charge is -2.13. The third-order valence-corrected chi connectivity index (χ3v) is 6.71. The van der Waals surface area contributed by atoms with Crippen molar-refractivity contribution in [1.82, 2.24) is 19.7 Å². The van der Waals surface area contributed by atoms with E-state index in [4.69, 9.17) is 39.5 Å². The van der Waals surface area contributed by atoms with Crippen molar-refractivity contribution in [2.45, 2.75) is 18.0 Å². The van der Waals surface area contributed by atoms with Crippen molar-refractivity contribution in [3.05, 3.63) is 62.4 Å². The minimum absolute atomic E-state index is 0.0389. The van der Waals surface area contributed by atoms with Crippen LogP contribution in [0.25, 0.3) is 5.69 Å². The van der Waals surface area contributed by atoms with Gasteiger partial charge < -0.3 is 4.74 Å². The van der Waals surface area contributed by atoms with Crippen LogP contribution in [0.1, 0.15) is 21.7 Å². The number of benzene rings is 2. The molecule has 0 aliphatic carbocycles. The molecule has 0 atom stereocenters. The molecule has 176 valence electrons. The van der Waals surface area contributed by atoms with Crippen molar-refractivity contribution in [2.75, 3.05) is 7.11 Å². The molecular weight excluding hydrogens is 532 g/mol. The van der Waals surface area contributed by atoms with E-state index in [1.165, 1.54) is 26.2 Å². The smallest absolute Gasteiger partial charge is 0.416 e. The lowest BCUT2D eigenvalue weighted by Crippen LogP contribution is -2.31. The molecule has 2 aromatic carbocycles. The lowest BCUT2D eigenvalue weighted by molar-refractivity contribution is -0.137. The zero-order valence-electron chi connectivity index (χ0n) is 16.5. The number of amides is 1. The van der Waals surface area contributed by atoms with Gasteiger partial charge in [0.15, 0.2) is 5.69 Å². The molecule has 15 heteroatoms. The Bertz CT molecular complexity index is 1340. The molecule has 0 unspecified atom stereocenters. The highest BCUT2D eigenvalue weighted by atomic mass is 35.5. The van der Waals surface area contributed by atoms with Crippen molar-refractivity contribution < 1.29 is 31.1 Å². The van der Waals surface area contributed by atoms with Crippen LogP contribution in [0.15, 0.2) is 35.2 Å². The molecule has 0 aliphatic heterocycles. The second-order valence-corrected chi connectivity index (χ2v) is 9.32. The summed E-state index contributed by atoms with van der Waals surface area (Å²) in [7, 11) is -3.13. The fraction of sp³-hybridized carbons (Fsp3) is 0.167. The maximum Gasteiger partial charge on any atom is 0.416 e. The van der Waals surface area contributed by atoms with Crippen LogP contribution in [0.2, 0.25) is 15.1 Å². The predicted molar refractivity (Wildman–Crippen MR) is 114 cm³/mol. The number of carbonyl (C=O) groups excluding carboxylic acids is 1. The first-order valence-electron chi connectivity index (χ1n) is 8.66. The Labute approximate surface area is 200 Å². The van der Waals surface area contributed by atoms with Gasteiger partial charge in [-0.05, 0) is 31.2 Å². The number of halogens is 6. The molecule has 0 saturated heterocycles. The number of ether oxygens (including phenoxy) is 1. The summed E-state index contributed by atoms with van der Waals surface area (Å²) >= 11 is 17.9. The van der Waals surface area contributed by atoms with E-state index in [-0.39, 0.29) is 22.2 Å². The third kappa shape index (κ3) is 5.03. The first-order valence-corrected chi connectivity index (χ1v) is 11.3. The molecule has 0 radical (unpaired) electrons. The van der Waals surface area contributed by atoms with Gasteiger partial charge >= 0.3 is 6.18 Å². The zero-order chi connectivity index (χ0) is 24.7. The maximum absolute atomic E-state index is 13.0. The van der Waals surface area contributed by atoms with Crippen LogP contribution in [0.4, 0.5) is 13.2 Å². The number of aromatic nitrogens is 3. The monoisotopic (exact) mass is 542 g/mol. The maximum atomic E-state index is 13.0. The predicted octanol–water partition coefficient (Wildman–Crippen LogP) is 4.68. The molecule has 3 aromatic rings. The molecule has 1 heterocycles. The normalized spacial score (nSPS) is 12.0. The highest BCUT2D eigenvalue weighted by molar-refractivity contribution is 7.90. The van der Waals surface area contributed by atoms with Gasteiger partial charge in [0.05, 0.1) is 33.4 Å². The van der Waals surface area contributed by atoms with Crippen molar-refractivity contribution in [1.29, 1.82) is 0 Å². The third-order valence-electron chi connectivity index (χ3n) is 4.32. The number of hydrogen-bond acceptors (Lipinski definition) is 6. The Morgan fingerprint density at radius 2 is 1.70 bits per heavy atom. The SMILES string of the molecule is COc1ccc(Cl)c(S(=O)(=O)NC(=O)c2nnn(-c3c(Cl)cc(C(F)(F)F)cc3Cl)c2C)c1. The van der Waals surface area contributed by atoms with Crippen LogP contribution in [-0.4, -0.2) is 36.4 Å². The summed E-state index contributed by atoms with van der Waals surface area (Å²) in [5, 5.41) is 6.31. The molecule has 1 N–H and O–H groups in total. The van der Waals surface area contributed by atoms with Crippen molar-refractivity contribution in [3.63, 3.8) is 0 Å². The Kier molecular flexibility index (Phi) is 6.85. The first-order chi connectivity index (χ1) is 15.3. The molecular formula is C18H12Cl3F3N4O4S. The van der Waals surface area contributed by atoms with Crippen molar-refractivity contribution in [3.8, 4) is 11.4 Å². The van der Waals surface area contributed by atoms with E-state index in [1.807, 2.05) is 4.72 Å². The quantitative estimate of drug-likeness (QED) is 0.501. The van der Waals surface area contributed by atoms with Gasteiger partial charge in [-0.25, -0.2) is 17.8 Å². The van der Waals surface area contributed by atoms with Crippen LogP contribution < -0.4 is 9.46 Å². The Balaban J connectivity index is 1.97.